The van der Waals surface area contributed by atoms with Gasteiger partial charge in [-0.05, 0) is 36.5 Å². The molecule has 0 bridgehead atoms. The molecule has 1 rings (SSSR count). The van der Waals surface area contributed by atoms with E-state index in [2.05, 4.69) is 25.4 Å². The Bertz CT molecular complexity index is 89.7. The number of hydrogen-bond acceptors (Lipinski definition) is 0. The minimum atomic E-state index is 0.493. The second-order valence-corrected chi connectivity index (χ2v) is 6.38. The standard InChI is InChI=1S/C7H16P2.C2H6/c1-6-2-4-7(8,9)5-3-6;1-2/h6H,2-5,8-9H2,1H3;1-2H3. The lowest BCUT2D eigenvalue weighted by Crippen LogP contribution is -2.19. The van der Waals surface area contributed by atoms with Gasteiger partial charge >= 0.3 is 0 Å². The van der Waals surface area contributed by atoms with Crippen molar-refractivity contribution >= 4 is 18.5 Å². The van der Waals surface area contributed by atoms with Crippen LogP contribution in [-0.2, 0) is 0 Å². The van der Waals surface area contributed by atoms with Gasteiger partial charge in [0.2, 0.25) is 0 Å². The van der Waals surface area contributed by atoms with E-state index < -0.39 is 0 Å². The van der Waals surface area contributed by atoms with Crippen LogP contribution in [0.4, 0.5) is 0 Å². The normalized spacial score (nSPS) is 23.7. The Hall–Kier alpha value is 0.860. The average Bonchev–Trinajstić information content (AvgIpc) is 2.00. The molecule has 0 nitrogen and oxygen atoms in total. The Kier molecular flexibility index (Phi) is 5.93. The summed E-state index contributed by atoms with van der Waals surface area (Å²) in [5, 5.41) is 0. The van der Waals surface area contributed by atoms with Crippen LogP contribution in [-0.4, -0.2) is 4.90 Å². The van der Waals surface area contributed by atoms with Crippen molar-refractivity contribution in [2.75, 3.05) is 0 Å². The minimum Gasteiger partial charge on any atom is -0.127 e. The molecule has 0 radical (unpaired) electrons. The van der Waals surface area contributed by atoms with Crippen LogP contribution in [0, 0.1) is 5.92 Å². The Morgan fingerprint density at radius 2 is 1.45 bits per heavy atom. The van der Waals surface area contributed by atoms with Gasteiger partial charge in [0.15, 0.2) is 0 Å². The van der Waals surface area contributed by atoms with E-state index in [0.29, 0.717) is 4.90 Å². The van der Waals surface area contributed by atoms with Gasteiger partial charge in [-0.3, -0.25) is 0 Å². The van der Waals surface area contributed by atoms with Gasteiger partial charge in [-0.25, -0.2) is 0 Å². The zero-order chi connectivity index (χ0) is 8.91. The molecular weight excluding hydrogens is 170 g/mol. The molecule has 0 heterocycles. The largest absolute Gasteiger partial charge is 0.127 e. The van der Waals surface area contributed by atoms with Crippen molar-refractivity contribution in [3.05, 3.63) is 0 Å². The average molecular weight is 192 g/mol. The van der Waals surface area contributed by atoms with Gasteiger partial charge in [-0.2, -0.15) is 0 Å². The van der Waals surface area contributed by atoms with Crippen LogP contribution < -0.4 is 0 Å². The van der Waals surface area contributed by atoms with Crippen molar-refractivity contribution in [3.63, 3.8) is 0 Å². The zero-order valence-electron chi connectivity index (χ0n) is 8.06. The second kappa shape index (κ2) is 5.50. The minimum absolute atomic E-state index is 0.493. The molecule has 0 amide bonds. The SMILES string of the molecule is CC.CC1CCC(P)(P)CC1. The highest BCUT2D eigenvalue weighted by Crippen LogP contribution is 2.43. The van der Waals surface area contributed by atoms with Crippen molar-refractivity contribution < 1.29 is 0 Å². The van der Waals surface area contributed by atoms with E-state index in [4.69, 9.17) is 0 Å². The highest BCUT2D eigenvalue weighted by Gasteiger charge is 2.24. The molecule has 0 aromatic carbocycles. The summed E-state index contributed by atoms with van der Waals surface area (Å²) < 4.78 is 0. The smallest absolute Gasteiger partial charge is 0.000681 e. The highest BCUT2D eigenvalue weighted by molar-refractivity contribution is 7.39. The first-order chi connectivity index (χ1) is 5.10. The fourth-order valence-corrected chi connectivity index (χ4v) is 1.97. The molecule has 2 atom stereocenters. The van der Waals surface area contributed by atoms with Crippen LogP contribution >= 0.6 is 18.5 Å². The van der Waals surface area contributed by atoms with Gasteiger partial charge in [0.05, 0.1) is 0 Å². The molecular formula is C9H22P2. The molecule has 1 fully saturated rings. The predicted octanol–water partition coefficient (Wildman–Crippen LogP) is 3.67. The second-order valence-electron chi connectivity index (χ2n) is 3.42. The first-order valence-electron chi connectivity index (χ1n) is 4.68. The van der Waals surface area contributed by atoms with E-state index in [-0.39, 0.29) is 0 Å². The lowest BCUT2D eigenvalue weighted by atomic mass is 9.90. The van der Waals surface area contributed by atoms with Crippen LogP contribution in [0.3, 0.4) is 0 Å². The van der Waals surface area contributed by atoms with Crippen molar-refractivity contribution in [2.24, 2.45) is 5.92 Å². The summed E-state index contributed by atoms with van der Waals surface area (Å²) in [6.07, 6.45) is 5.55. The third-order valence-electron chi connectivity index (χ3n) is 2.21. The molecule has 2 unspecified atom stereocenters. The first kappa shape index (κ1) is 11.9. The summed E-state index contributed by atoms with van der Waals surface area (Å²) in [6.45, 7) is 6.35. The summed E-state index contributed by atoms with van der Waals surface area (Å²) in [4.78, 5) is 0.493. The summed E-state index contributed by atoms with van der Waals surface area (Å²) in [6, 6.07) is 0. The van der Waals surface area contributed by atoms with Crippen LogP contribution in [0.15, 0.2) is 0 Å². The number of hydrogen-bond donors (Lipinski definition) is 0. The molecule has 0 N–H and O–H groups in total. The fourth-order valence-electron chi connectivity index (χ4n) is 1.30. The van der Waals surface area contributed by atoms with E-state index in [1.54, 1.807) is 0 Å². The van der Waals surface area contributed by atoms with Crippen molar-refractivity contribution in [1.82, 2.24) is 0 Å². The summed E-state index contributed by atoms with van der Waals surface area (Å²) >= 11 is 0. The van der Waals surface area contributed by atoms with Gasteiger partial charge in [0, 0.05) is 0 Å². The lowest BCUT2D eigenvalue weighted by Gasteiger charge is -2.32. The molecule has 68 valence electrons. The molecule has 0 aromatic heterocycles. The lowest BCUT2D eigenvalue weighted by molar-refractivity contribution is 0.376. The highest BCUT2D eigenvalue weighted by atomic mass is 31.1. The van der Waals surface area contributed by atoms with Crippen molar-refractivity contribution in [2.45, 2.75) is 51.4 Å². The summed E-state index contributed by atoms with van der Waals surface area (Å²) in [7, 11) is 5.89. The van der Waals surface area contributed by atoms with Gasteiger partial charge in [0.1, 0.15) is 0 Å². The van der Waals surface area contributed by atoms with E-state index in [1.165, 1.54) is 25.7 Å². The molecule has 0 aromatic rings. The van der Waals surface area contributed by atoms with E-state index >= 15 is 0 Å². The molecule has 11 heavy (non-hydrogen) atoms. The Labute approximate surface area is 76.3 Å². The van der Waals surface area contributed by atoms with Gasteiger partial charge in [-0.1, -0.05) is 20.8 Å². The summed E-state index contributed by atoms with van der Waals surface area (Å²) in [5.74, 6) is 0.972. The molecule has 1 saturated carbocycles. The third kappa shape index (κ3) is 5.15. The van der Waals surface area contributed by atoms with E-state index in [1.807, 2.05) is 13.8 Å². The maximum absolute atomic E-state index is 2.94. The Morgan fingerprint density at radius 1 is 1.09 bits per heavy atom. The number of rotatable bonds is 0. The maximum atomic E-state index is 2.94. The van der Waals surface area contributed by atoms with Gasteiger partial charge < -0.3 is 0 Å². The van der Waals surface area contributed by atoms with Crippen molar-refractivity contribution in [1.29, 1.82) is 0 Å². The summed E-state index contributed by atoms with van der Waals surface area (Å²) in [5.41, 5.74) is 0. The topological polar surface area (TPSA) is 0 Å². The van der Waals surface area contributed by atoms with Crippen LogP contribution in [0.2, 0.25) is 0 Å². The molecule has 0 saturated heterocycles. The van der Waals surface area contributed by atoms with Crippen LogP contribution in [0.5, 0.6) is 0 Å². The van der Waals surface area contributed by atoms with Crippen LogP contribution in [0.1, 0.15) is 46.5 Å². The molecule has 1 aliphatic rings. The van der Waals surface area contributed by atoms with E-state index in [9.17, 15) is 0 Å². The third-order valence-corrected chi connectivity index (χ3v) is 3.36. The quantitative estimate of drug-likeness (QED) is 0.514. The molecule has 1 aliphatic carbocycles. The predicted molar refractivity (Wildman–Crippen MR) is 61.1 cm³/mol. The van der Waals surface area contributed by atoms with Crippen molar-refractivity contribution in [3.8, 4) is 0 Å². The maximum Gasteiger partial charge on any atom is -0.000681 e. The molecule has 0 aliphatic heterocycles. The molecule has 0 spiro atoms. The van der Waals surface area contributed by atoms with Gasteiger partial charge in [-0.15, -0.1) is 18.5 Å². The Morgan fingerprint density at radius 3 is 1.73 bits per heavy atom. The van der Waals surface area contributed by atoms with Crippen LogP contribution in [0.25, 0.3) is 0 Å². The Balaban J connectivity index is 0.000000461. The monoisotopic (exact) mass is 192 g/mol. The molecule has 2 heteroatoms. The first-order valence-corrected chi connectivity index (χ1v) is 5.83. The van der Waals surface area contributed by atoms with Gasteiger partial charge in [0.25, 0.3) is 0 Å². The zero-order valence-corrected chi connectivity index (χ0v) is 10.4. The fraction of sp³-hybridized carbons (Fsp3) is 1.00. The van der Waals surface area contributed by atoms with E-state index in [0.717, 1.165) is 5.92 Å².